The van der Waals surface area contributed by atoms with Crippen molar-refractivity contribution in [3.8, 4) is 0 Å². The van der Waals surface area contributed by atoms with E-state index in [0.717, 1.165) is 24.6 Å². The Bertz CT molecular complexity index is 443. The van der Waals surface area contributed by atoms with Gasteiger partial charge < -0.3 is 20.7 Å². The summed E-state index contributed by atoms with van der Waals surface area (Å²) in [6.45, 7) is 2.47. The number of aromatic nitrogens is 2. The fourth-order valence-corrected chi connectivity index (χ4v) is 2.33. The minimum absolute atomic E-state index is 0.331. The van der Waals surface area contributed by atoms with Crippen molar-refractivity contribution in [2.24, 2.45) is 0 Å². The van der Waals surface area contributed by atoms with Crippen molar-refractivity contribution in [2.75, 3.05) is 30.8 Å². The van der Waals surface area contributed by atoms with Crippen LogP contribution in [0, 0.1) is 0 Å². The Morgan fingerprint density at radius 2 is 2.21 bits per heavy atom. The Labute approximate surface area is 113 Å². The summed E-state index contributed by atoms with van der Waals surface area (Å²) >= 11 is 0. The number of nitrogen functional groups attached to an aromatic ring is 1. The number of ether oxygens (including phenoxy) is 1. The first-order valence-electron chi connectivity index (χ1n) is 6.92. The van der Waals surface area contributed by atoms with Gasteiger partial charge in [-0.1, -0.05) is 0 Å². The molecule has 6 nitrogen and oxygen atoms in total. The lowest BCUT2D eigenvalue weighted by Crippen LogP contribution is -2.57. The van der Waals surface area contributed by atoms with Crippen LogP contribution in [0.1, 0.15) is 25.0 Å². The zero-order valence-electron chi connectivity index (χ0n) is 11.3. The second-order valence-corrected chi connectivity index (χ2v) is 5.33. The van der Waals surface area contributed by atoms with Gasteiger partial charge in [0.15, 0.2) is 0 Å². The third kappa shape index (κ3) is 2.79. The smallest absolute Gasteiger partial charge is 0.222 e. The first kappa shape index (κ1) is 12.6. The van der Waals surface area contributed by atoms with Crippen molar-refractivity contribution in [1.82, 2.24) is 15.3 Å². The molecule has 2 aliphatic rings. The lowest BCUT2D eigenvalue weighted by molar-refractivity contribution is -0.0101. The Hall–Kier alpha value is -1.40. The molecule has 2 heterocycles. The molecule has 19 heavy (non-hydrogen) atoms. The van der Waals surface area contributed by atoms with E-state index >= 15 is 0 Å². The largest absolute Gasteiger partial charge is 0.372 e. The molecule has 3 N–H and O–H groups in total. The summed E-state index contributed by atoms with van der Waals surface area (Å²) in [6, 6.07) is 2.53. The van der Waals surface area contributed by atoms with Crippen molar-refractivity contribution in [2.45, 2.75) is 38.0 Å². The Balaban J connectivity index is 1.62. The predicted octanol–water partition coefficient (Wildman–Crippen LogP) is 0.536. The van der Waals surface area contributed by atoms with Crippen molar-refractivity contribution in [3.63, 3.8) is 0 Å². The summed E-state index contributed by atoms with van der Waals surface area (Å²) < 4.78 is 5.77. The van der Waals surface area contributed by atoms with Gasteiger partial charge in [0.2, 0.25) is 5.95 Å². The van der Waals surface area contributed by atoms with E-state index in [4.69, 9.17) is 10.5 Å². The maximum absolute atomic E-state index is 5.78. The van der Waals surface area contributed by atoms with E-state index in [9.17, 15) is 0 Å². The third-order valence-corrected chi connectivity index (χ3v) is 3.92. The molecule has 1 saturated heterocycles. The zero-order chi connectivity index (χ0) is 13.2. The number of nitrogens with one attached hydrogen (secondary N) is 1. The fourth-order valence-electron chi connectivity index (χ4n) is 2.33. The van der Waals surface area contributed by atoms with Crippen LogP contribution in [-0.4, -0.2) is 42.3 Å². The lowest BCUT2D eigenvalue weighted by atomic mass is 9.96. The van der Waals surface area contributed by atoms with Gasteiger partial charge in [-0.25, -0.2) is 4.98 Å². The SMILES string of the molecule is CNC1CN(c2cc(COC3CCC3)nc(N)n2)C1. The van der Waals surface area contributed by atoms with Crippen LogP contribution < -0.4 is 16.0 Å². The molecule has 1 aliphatic carbocycles. The van der Waals surface area contributed by atoms with E-state index in [-0.39, 0.29) is 0 Å². The third-order valence-electron chi connectivity index (χ3n) is 3.92. The van der Waals surface area contributed by atoms with Crippen LogP contribution in [0.3, 0.4) is 0 Å². The second kappa shape index (κ2) is 5.30. The highest BCUT2D eigenvalue weighted by atomic mass is 16.5. The molecule has 1 aliphatic heterocycles. The van der Waals surface area contributed by atoms with E-state index in [2.05, 4.69) is 20.2 Å². The number of hydrogen-bond donors (Lipinski definition) is 2. The van der Waals surface area contributed by atoms with Gasteiger partial charge >= 0.3 is 0 Å². The molecule has 0 unspecified atom stereocenters. The maximum Gasteiger partial charge on any atom is 0.222 e. The molecule has 0 amide bonds. The molecule has 6 heteroatoms. The Morgan fingerprint density at radius 1 is 1.42 bits per heavy atom. The van der Waals surface area contributed by atoms with Crippen LogP contribution in [0.15, 0.2) is 6.07 Å². The molecule has 0 aromatic carbocycles. The van der Waals surface area contributed by atoms with Crippen molar-refractivity contribution < 1.29 is 4.74 Å². The maximum atomic E-state index is 5.78. The number of anilines is 2. The van der Waals surface area contributed by atoms with Crippen LogP contribution >= 0.6 is 0 Å². The number of hydrogen-bond acceptors (Lipinski definition) is 6. The van der Waals surface area contributed by atoms with Crippen molar-refractivity contribution >= 4 is 11.8 Å². The van der Waals surface area contributed by atoms with Gasteiger partial charge in [0.05, 0.1) is 18.4 Å². The minimum Gasteiger partial charge on any atom is -0.372 e. The molecule has 1 aromatic heterocycles. The summed E-state index contributed by atoms with van der Waals surface area (Å²) in [5.74, 6) is 1.24. The molecular formula is C13H21N5O. The molecule has 0 atom stereocenters. The first-order chi connectivity index (χ1) is 9.24. The van der Waals surface area contributed by atoms with Crippen molar-refractivity contribution in [3.05, 3.63) is 11.8 Å². The topological polar surface area (TPSA) is 76.3 Å². The summed E-state index contributed by atoms with van der Waals surface area (Å²) in [6.07, 6.45) is 4.03. The highest BCUT2D eigenvalue weighted by molar-refractivity contribution is 5.46. The average Bonchev–Trinajstić information content (AvgIpc) is 2.25. The van der Waals surface area contributed by atoms with Gasteiger partial charge in [-0.05, 0) is 26.3 Å². The predicted molar refractivity (Wildman–Crippen MR) is 73.9 cm³/mol. The highest BCUT2D eigenvalue weighted by Gasteiger charge is 2.27. The van der Waals surface area contributed by atoms with Crippen LogP contribution in [0.5, 0.6) is 0 Å². The quantitative estimate of drug-likeness (QED) is 0.807. The normalized spacial score (nSPS) is 20.2. The van der Waals surface area contributed by atoms with Gasteiger partial charge in [0, 0.05) is 25.2 Å². The van der Waals surface area contributed by atoms with Crippen LogP contribution in [0.25, 0.3) is 0 Å². The molecular weight excluding hydrogens is 242 g/mol. The fraction of sp³-hybridized carbons (Fsp3) is 0.692. The summed E-state index contributed by atoms with van der Waals surface area (Å²) in [5.41, 5.74) is 6.65. The number of nitrogens with zero attached hydrogens (tertiary/aromatic N) is 3. The number of rotatable bonds is 5. The van der Waals surface area contributed by atoms with Gasteiger partial charge in [0.25, 0.3) is 0 Å². The van der Waals surface area contributed by atoms with Crippen LogP contribution in [0.2, 0.25) is 0 Å². The van der Waals surface area contributed by atoms with Gasteiger partial charge in [-0.15, -0.1) is 0 Å². The van der Waals surface area contributed by atoms with Crippen LogP contribution in [-0.2, 0) is 11.3 Å². The Morgan fingerprint density at radius 3 is 2.84 bits per heavy atom. The van der Waals surface area contributed by atoms with Crippen molar-refractivity contribution in [1.29, 1.82) is 0 Å². The average molecular weight is 263 g/mol. The molecule has 3 rings (SSSR count). The minimum atomic E-state index is 0.331. The van der Waals surface area contributed by atoms with E-state index in [1.807, 2.05) is 13.1 Å². The first-order valence-corrected chi connectivity index (χ1v) is 6.92. The number of nitrogens with two attached hydrogens (primary N) is 1. The van der Waals surface area contributed by atoms with Gasteiger partial charge in [-0.2, -0.15) is 4.98 Å². The van der Waals surface area contributed by atoms with E-state index < -0.39 is 0 Å². The standard InChI is InChI=1S/C13H21N5O/c1-15-10-6-18(7-10)12-5-9(16-13(14)17-12)8-19-11-3-2-4-11/h5,10-11,15H,2-4,6-8H2,1H3,(H2,14,16,17). The lowest BCUT2D eigenvalue weighted by Gasteiger charge is -2.40. The van der Waals surface area contributed by atoms with Gasteiger partial charge in [0.1, 0.15) is 5.82 Å². The highest BCUT2D eigenvalue weighted by Crippen LogP contribution is 2.24. The molecule has 1 saturated carbocycles. The van der Waals surface area contributed by atoms with E-state index in [1.165, 1.54) is 19.3 Å². The monoisotopic (exact) mass is 263 g/mol. The summed E-state index contributed by atoms with van der Waals surface area (Å²) in [4.78, 5) is 10.7. The van der Waals surface area contributed by atoms with E-state index in [1.54, 1.807) is 0 Å². The second-order valence-electron chi connectivity index (χ2n) is 5.33. The number of likely N-dealkylation sites (N-methyl/N-ethyl adjacent to an activating group) is 1. The van der Waals surface area contributed by atoms with E-state index in [0.29, 0.717) is 24.7 Å². The molecule has 104 valence electrons. The molecule has 0 bridgehead atoms. The summed E-state index contributed by atoms with van der Waals surface area (Å²) in [7, 11) is 1.98. The van der Waals surface area contributed by atoms with Gasteiger partial charge in [-0.3, -0.25) is 0 Å². The molecule has 0 spiro atoms. The zero-order valence-corrected chi connectivity index (χ0v) is 11.3. The van der Waals surface area contributed by atoms with Crippen LogP contribution in [0.4, 0.5) is 11.8 Å². The molecule has 1 aromatic rings. The molecule has 2 fully saturated rings. The molecule has 0 radical (unpaired) electrons. The Kier molecular flexibility index (Phi) is 3.52. The summed E-state index contributed by atoms with van der Waals surface area (Å²) in [5, 5.41) is 3.24.